The van der Waals surface area contributed by atoms with Crippen LogP contribution in [0.2, 0.25) is 0 Å². The average Bonchev–Trinajstić information content (AvgIpc) is 3.04. The summed E-state index contributed by atoms with van der Waals surface area (Å²) in [6.45, 7) is 9.89. The van der Waals surface area contributed by atoms with Crippen LogP contribution in [-0.4, -0.2) is 27.2 Å². The molecule has 3 rings (SSSR count). The van der Waals surface area contributed by atoms with E-state index in [4.69, 9.17) is 0 Å². The third kappa shape index (κ3) is 3.76. The van der Waals surface area contributed by atoms with Crippen LogP contribution in [-0.2, 0) is 0 Å². The summed E-state index contributed by atoms with van der Waals surface area (Å²) < 4.78 is 1.65. The predicted molar refractivity (Wildman–Crippen MR) is 111 cm³/mol. The Kier molecular flexibility index (Phi) is 5.49. The van der Waals surface area contributed by atoms with Crippen molar-refractivity contribution in [2.24, 2.45) is 0 Å². The van der Waals surface area contributed by atoms with E-state index in [9.17, 15) is 9.59 Å². The van der Waals surface area contributed by atoms with Crippen LogP contribution in [0.1, 0.15) is 58.1 Å². The zero-order valence-electron chi connectivity index (χ0n) is 17.0. The highest BCUT2D eigenvalue weighted by atomic mass is 16.2. The second-order valence-corrected chi connectivity index (χ2v) is 7.25. The van der Waals surface area contributed by atoms with Gasteiger partial charge in [-0.15, -0.1) is 0 Å². The fourth-order valence-corrected chi connectivity index (χ4v) is 3.31. The maximum Gasteiger partial charge on any atom is 0.287 e. The molecule has 28 heavy (non-hydrogen) atoms. The van der Waals surface area contributed by atoms with Crippen LogP contribution in [0.15, 0.2) is 36.5 Å². The Hall–Kier alpha value is -3.15. The number of hydrogen-bond acceptors (Lipinski definition) is 3. The molecule has 6 heteroatoms. The van der Waals surface area contributed by atoms with Crippen LogP contribution in [0.25, 0.3) is 5.52 Å². The first kappa shape index (κ1) is 19.6. The fraction of sp³-hybridized carbons (Fsp3) is 0.318. The smallest absolute Gasteiger partial charge is 0.287 e. The van der Waals surface area contributed by atoms with E-state index in [0.717, 1.165) is 28.8 Å². The lowest BCUT2D eigenvalue weighted by Gasteiger charge is -2.12. The first-order valence-corrected chi connectivity index (χ1v) is 9.49. The van der Waals surface area contributed by atoms with E-state index in [-0.39, 0.29) is 29.4 Å². The lowest BCUT2D eigenvalue weighted by atomic mass is 10.0. The zero-order chi connectivity index (χ0) is 20.4. The van der Waals surface area contributed by atoms with E-state index >= 15 is 0 Å². The van der Waals surface area contributed by atoms with Gasteiger partial charge in [0.25, 0.3) is 11.8 Å². The minimum Gasteiger partial charge on any atom is -0.347 e. The lowest BCUT2D eigenvalue weighted by molar-refractivity contribution is 0.0928. The number of carbonyl (C=O) groups excluding carboxylic acids is 2. The van der Waals surface area contributed by atoms with Crippen molar-refractivity contribution in [2.75, 3.05) is 5.32 Å². The minimum absolute atomic E-state index is 0.0266. The summed E-state index contributed by atoms with van der Waals surface area (Å²) >= 11 is 0. The van der Waals surface area contributed by atoms with Crippen molar-refractivity contribution in [3.05, 3.63) is 64.7 Å². The summed E-state index contributed by atoms with van der Waals surface area (Å²) in [5.74, 6) is -0.419. The number of aromatic nitrogens is 2. The normalized spacial score (nSPS) is 12.0. The molecule has 1 unspecified atom stereocenters. The molecule has 0 fully saturated rings. The van der Waals surface area contributed by atoms with Gasteiger partial charge in [-0.3, -0.25) is 14.0 Å². The molecule has 0 aliphatic heterocycles. The van der Waals surface area contributed by atoms with E-state index in [1.807, 2.05) is 58.9 Å². The van der Waals surface area contributed by atoms with Gasteiger partial charge >= 0.3 is 0 Å². The quantitative estimate of drug-likeness (QED) is 0.703. The van der Waals surface area contributed by atoms with Gasteiger partial charge in [0.15, 0.2) is 5.69 Å². The van der Waals surface area contributed by atoms with Gasteiger partial charge in [-0.1, -0.05) is 30.7 Å². The lowest BCUT2D eigenvalue weighted by Crippen LogP contribution is -2.33. The number of anilines is 1. The van der Waals surface area contributed by atoms with E-state index in [0.29, 0.717) is 5.52 Å². The maximum atomic E-state index is 13.0. The number of nitrogens with zero attached hydrogens (tertiary/aromatic N) is 2. The molecule has 0 aliphatic rings. The Balaban J connectivity index is 1.99. The molecule has 1 atom stereocenters. The molecule has 2 heterocycles. The van der Waals surface area contributed by atoms with Gasteiger partial charge in [0, 0.05) is 17.9 Å². The largest absolute Gasteiger partial charge is 0.347 e. The Morgan fingerprint density at radius 3 is 2.43 bits per heavy atom. The number of benzene rings is 1. The Labute approximate surface area is 165 Å². The first-order valence-electron chi connectivity index (χ1n) is 9.49. The molecular weight excluding hydrogens is 352 g/mol. The monoisotopic (exact) mass is 378 g/mol. The van der Waals surface area contributed by atoms with Crippen molar-refractivity contribution in [1.82, 2.24) is 14.7 Å². The van der Waals surface area contributed by atoms with Crippen molar-refractivity contribution in [2.45, 2.75) is 47.1 Å². The molecule has 0 saturated heterocycles. The third-order valence-electron chi connectivity index (χ3n) is 4.87. The summed E-state index contributed by atoms with van der Waals surface area (Å²) in [5.41, 5.74) is 4.72. The van der Waals surface area contributed by atoms with E-state index in [1.54, 1.807) is 16.7 Å². The van der Waals surface area contributed by atoms with Crippen molar-refractivity contribution in [3.8, 4) is 0 Å². The van der Waals surface area contributed by atoms with Crippen LogP contribution in [0.5, 0.6) is 0 Å². The highest BCUT2D eigenvalue weighted by molar-refractivity contribution is 6.09. The number of carbonyl (C=O) groups is 2. The van der Waals surface area contributed by atoms with Crippen molar-refractivity contribution in [3.63, 3.8) is 0 Å². The van der Waals surface area contributed by atoms with Crippen molar-refractivity contribution >= 4 is 23.0 Å². The summed E-state index contributed by atoms with van der Waals surface area (Å²) in [6.07, 6.45) is 2.56. The Bertz CT molecular complexity index is 1030. The molecule has 3 aromatic rings. The zero-order valence-corrected chi connectivity index (χ0v) is 17.0. The SMILES string of the molecule is CCC(C)NC(=O)c1nc(C(=O)Nc2c(C)cc(C)cc2C)c2ccccn12. The van der Waals surface area contributed by atoms with Crippen LogP contribution in [0.4, 0.5) is 5.69 Å². The number of aryl methyl sites for hydroxylation is 3. The molecule has 6 nitrogen and oxygen atoms in total. The first-order chi connectivity index (χ1) is 13.3. The summed E-state index contributed by atoms with van der Waals surface area (Å²) in [6, 6.07) is 9.50. The predicted octanol–water partition coefficient (Wildman–Crippen LogP) is 4.04. The molecule has 146 valence electrons. The van der Waals surface area contributed by atoms with Crippen molar-refractivity contribution in [1.29, 1.82) is 0 Å². The number of rotatable bonds is 5. The maximum absolute atomic E-state index is 13.0. The van der Waals surface area contributed by atoms with Gasteiger partial charge in [-0.2, -0.15) is 0 Å². The summed E-state index contributed by atoms with van der Waals surface area (Å²) in [5, 5.41) is 5.88. The van der Waals surface area contributed by atoms with Crippen LogP contribution in [0, 0.1) is 20.8 Å². The number of nitrogens with one attached hydrogen (secondary N) is 2. The molecule has 2 N–H and O–H groups in total. The van der Waals surface area contributed by atoms with Gasteiger partial charge in [-0.25, -0.2) is 4.98 Å². The Morgan fingerprint density at radius 1 is 1.11 bits per heavy atom. The highest BCUT2D eigenvalue weighted by Gasteiger charge is 2.22. The molecule has 0 aliphatic carbocycles. The third-order valence-corrected chi connectivity index (χ3v) is 4.87. The second kappa shape index (κ2) is 7.84. The summed E-state index contributed by atoms with van der Waals surface area (Å²) in [4.78, 5) is 30.0. The number of hydrogen-bond donors (Lipinski definition) is 2. The minimum atomic E-state index is -0.332. The molecule has 1 aromatic carbocycles. The molecule has 2 amide bonds. The number of amides is 2. The summed E-state index contributed by atoms with van der Waals surface area (Å²) in [7, 11) is 0. The Morgan fingerprint density at radius 2 is 1.79 bits per heavy atom. The van der Waals surface area contributed by atoms with Gasteiger partial charge in [-0.05, 0) is 57.4 Å². The topological polar surface area (TPSA) is 75.5 Å². The number of fused-ring (bicyclic) bond motifs is 1. The molecule has 2 aromatic heterocycles. The van der Waals surface area contributed by atoms with Crippen LogP contribution >= 0.6 is 0 Å². The van der Waals surface area contributed by atoms with Crippen LogP contribution in [0.3, 0.4) is 0 Å². The number of pyridine rings is 1. The average molecular weight is 378 g/mol. The molecular formula is C22H26N4O2. The fourth-order valence-electron chi connectivity index (χ4n) is 3.31. The van der Waals surface area contributed by atoms with Crippen molar-refractivity contribution < 1.29 is 9.59 Å². The highest BCUT2D eigenvalue weighted by Crippen LogP contribution is 2.23. The van der Waals surface area contributed by atoms with E-state index in [2.05, 4.69) is 15.6 Å². The van der Waals surface area contributed by atoms with E-state index in [1.165, 1.54) is 0 Å². The van der Waals surface area contributed by atoms with Crippen LogP contribution < -0.4 is 10.6 Å². The standard InChI is InChI=1S/C22H26N4O2/c1-6-16(5)23-22(28)20-24-19(17-9-7-8-10-26(17)20)21(27)25-18-14(3)11-13(2)12-15(18)4/h7-12,16H,6H2,1-5H3,(H,23,28)(H,25,27). The van der Waals surface area contributed by atoms with Gasteiger partial charge in [0.1, 0.15) is 0 Å². The van der Waals surface area contributed by atoms with E-state index < -0.39 is 0 Å². The second-order valence-electron chi connectivity index (χ2n) is 7.25. The van der Waals surface area contributed by atoms with Gasteiger partial charge in [0.05, 0.1) is 5.52 Å². The molecule has 0 saturated carbocycles. The molecule has 0 bridgehead atoms. The number of imidazole rings is 1. The van der Waals surface area contributed by atoms with Gasteiger partial charge in [0.2, 0.25) is 5.82 Å². The van der Waals surface area contributed by atoms with Gasteiger partial charge < -0.3 is 10.6 Å². The molecule has 0 radical (unpaired) electrons. The molecule has 0 spiro atoms.